The Morgan fingerprint density at radius 1 is 1.23 bits per heavy atom. The Bertz CT molecular complexity index is 908. The Balaban J connectivity index is 1.52. The van der Waals surface area contributed by atoms with E-state index in [0.717, 1.165) is 12.0 Å². The summed E-state index contributed by atoms with van der Waals surface area (Å²) in [6, 6.07) is 15.4. The van der Waals surface area contributed by atoms with E-state index in [9.17, 15) is 4.79 Å². The van der Waals surface area contributed by atoms with Crippen LogP contribution in [0.5, 0.6) is 0 Å². The molecule has 0 spiro atoms. The zero-order chi connectivity index (χ0) is 17.9. The summed E-state index contributed by atoms with van der Waals surface area (Å²) in [6.07, 6.45) is 4.29. The number of likely N-dealkylation sites (N-methyl/N-ethyl adjacent to an activating group) is 1. The molecule has 4 rings (SSSR count). The summed E-state index contributed by atoms with van der Waals surface area (Å²) in [5.41, 5.74) is 2.85. The first-order valence-corrected chi connectivity index (χ1v) is 8.64. The Labute approximate surface area is 152 Å². The molecule has 6 heteroatoms. The van der Waals surface area contributed by atoms with Crippen LogP contribution >= 0.6 is 0 Å². The van der Waals surface area contributed by atoms with Gasteiger partial charge in [-0.2, -0.15) is 5.10 Å². The van der Waals surface area contributed by atoms with Gasteiger partial charge in [0, 0.05) is 19.4 Å². The molecule has 1 aliphatic rings. The molecule has 0 radical (unpaired) electrons. The smallest absolute Gasteiger partial charge is 0.272 e. The molecule has 1 amide bonds. The summed E-state index contributed by atoms with van der Waals surface area (Å²) in [5.74, 6) is 0.485. The second-order valence-corrected chi connectivity index (χ2v) is 6.33. The van der Waals surface area contributed by atoms with Crippen LogP contribution in [0.3, 0.4) is 0 Å². The van der Waals surface area contributed by atoms with E-state index in [1.165, 1.54) is 5.56 Å². The number of ether oxygens (including phenoxy) is 1. The molecule has 3 heterocycles. The fraction of sp³-hybridized carbons (Fsp3) is 0.250. The van der Waals surface area contributed by atoms with Gasteiger partial charge in [-0.15, -0.1) is 0 Å². The molecule has 0 saturated heterocycles. The third-order valence-electron chi connectivity index (χ3n) is 4.57. The molecule has 0 unspecified atom stereocenters. The quantitative estimate of drug-likeness (QED) is 0.727. The van der Waals surface area contributed by atoms with E-state index >= 15 is 0 Å². The maximum Gasteiger partial charge on any atom is 0.272 e. The van der Waals surface area contributed by atoms with Gasteiger partial charge in [-0.3, -0.25) is 4.79 Å². The number of amides is 1. The topological polar surface area (TPSA) is 60.2 Å². The van der Waals surface area contributed by atoms with Crippen molar-refractivity contribution in [3.63, 3.8) is 0 Å². The second-order valence-electron chi connectivity index (χ2n) is 6.33. The van der Waals surface area contributed by atoms with E-state index in [1.807, 2.05) is 30.3 Å². The predicted molar refractivity (Wildman–Crippen MR) is 97.2 cm³/mol. The van der Waals surface area contributed by atoms with Crippen molar-refractivity contribution < 1.29 is 9.53 Å². The lowest BCUT2D eigenvalue weighted by Gasteiger charge is -2.29. The van der Waals surface area contributed by atoms with Crippen LogP contribution in [0.4, 0.5) is 0 Å². The number of nitrogens with zero attached hydrogens (tertiary/aromatic N) is 4. The Hall–Kier alpha value is -2.99. The van der Waals surface area contributed by atoms with Gasteiger partial charge in [0.15, 0.2) is 5.82 Å². The van der Waals surface area contributed by atoms with E-state index in [4.69, 9.17) is 4.74 Å². The van der Waals surface area contributed by atoms with Crippen LogP contribution in [-0.2, 0) is 11.2 Å². The fourth-order valence-electron chi connectivity index (χ4n) is 3.23. The van der Waals surface area contributed by atoms with E-state index in [-0.39, 0.29) is 12.0 Å². The van der Waals surface area contributed by atoms with Gasteiger partial charge in [-0.25, -0.2) is 9.67 Å². The molecule has 0 saturated carbocycles. The molecule has 1 aromatic carbocycles. The molecular weight excluding hydrogens is 328 g/mol. The molecule has 2 aromatic heterocycles. The van der Waals surface area contributed by atoms with E-state index in [0.29, 0.717) is 24.7 Å². The van der Waals surface area contributed by atoms with Crippen LogP contribution in [0.2, 0.25) is 0 Å². The minimum atomic E-state index is -0.134. The molecule has 26 heavy (non-hydrogen) atoms. The zero-order valence-electron chi connectivity index (χ0n) is 14.6. The van der Waals surface area contributed by atoms with Gasteiger partial charge >= 0.3 is 0 Å². The average molecular weight is 348 g/mol. The molecule has 1 aliphatic heterocycles. The molecule has 0 fully saturated rings. The summed E-state index contributed by atoms with van der Waals surface area (Å²) in [5, 5.41) is 4.16. The van der Waals surface area contributed by atoms with Gasteiger partial charge < -0.3 is 9.64 Å². The number of fused-ring (bicyclic) bond motifs is 1. The maximum atomic E-state index is 12.8. The summed E-state index contributed by atoms with van der Waals surface area (Å²) < 4.78 is 7.55. The van der Waals surface area contributed by atoms with Gasteiger partial charge in [-0.05, 0) is 35.7 Å². The highest BCUT2D eigenvalue weighted by molar-refractivity contribution is 5.92. The highest BCUT2D eigenvalue weighted by Crippen LogP contribution is 2.27. The molecule has 6 nitrogen and oxygen atoms in total. The highest BCUT2D eigenvalue weighted by Gasteiger charge is 2.24. The van der Waals surface area contributed by atoms with Gasteiger partial charge in [0.1, 0.15) is 11.8 Å². The number of carbonyl (C=O) groups excluding carboxylic acids is 1. The van der Waals surface area contributed by atoms with Crippen molar-refractivity contribution in [2.45, 2.75) is 12.5 Å². The van der Waals surface area contributed by atoms with E-state index < -0.39 is 0 Å². The monoisotopic (exact) mass is 348 g/mol. The number of aromatic nitrogens is 3. The minimum Gasteiger partial charge on any atom is -0.371 e. The third-order valence-corrected chi connectivity index (χ3v) is 4.57. The summed E-state index contributed by atoms with van der Waals surface area (Å²) in [7, 11) is 1.78. The van der Waals surface area contributed by atoms with Crippen molar-refractivity contribution in [1.82, 2.24) is 19.7 Å². The fourth-order valence-corrected chi connectivity index (χ4v) is 3.23. The molecule has 3 aromatic rings. The molecule has 0 N–H and O–H groups in total. The summed E-state index contributed by atoms with van der Waals surface area (Å²) in [4.78, 5) is 18.9. The van der Waals surface area contributed by atoms with Crippen molar-refractivity contribution in [2.24, 2.45) is 0 Å². The number of pyridine rings is 1. The van der Waals surface area contributed by atoms with Crippen molar-refractivity contribution in [3.05, 3.63) is 77.7 Å². The van der Waals surface area contributed by atoms with Gasteiger partial charge in [0.05, 0.1) is 13.2 Å². The van der Waals surface area contributed by atoms with E-state index in [1.54, 1.807) is 35.1 Å². The first-order valence-electron chi connectivity index (χ1n) is 8.64. The lowest BCUT2D eigenvalue weighted by Crippen LogP contribution is -2.34. The van der Waals surface area contributed by atoms with Gasteiger partial charge in [-0.1, -0.05) is 30.3 Å². The molecule has 0 bridgehead atoms. The zero-order valence-corrected chi connectivity index (χ0v) is 14.6. The highest BCUT2D eigenvalue weighted by atomic mass is 16.5. The standard InChI is InChI=1S/C20H20N4O2/c1-23(14-18-16-7-3-2-6-15(16)10-13-26-18)20(25)17-8-4-9-19(22-17)24-12-5-11-21-24/h2-9,11-12,18H,10,13-14H2,1H3/t18-/m1/s1. The van der Waals surface area contributed by atoms with Crippen molar-refractivity contribution in [2.75, 3.05) is 20.2 Å². The lowest BCUT2D eigenvalue weighted by molar-refractivity contribution is 0.0198. The van der Waals surface area contributed by atoms with Gasteiger partial charge in [0.2, 0.25) is 0 Å². The third kappa shape index (κ3) is 3.23. The normalized spacial score (nSPS) is 16.1. The molecule has 1 atom stereocenters. The number of hydrogen-bond acceptors (Lipinski definition) is 4. The summed E-state index contributed by atoms with van der Waals surface area (Å²) >= 11 is 0. The number of rotatable bonds is 4. The van der Waals surface area contributed by atoms with Crippen molar-refractivity contribution in [1.29, 1.82) is 0 Å². The van der Waals surface area contributed by atoms with E-state index in [2.05, 4.69) is 22.2 Å². The van der Waals surface area contributed by atoms with Crippen LogP contribution in [0.15, 0.2) is 60.9 Å². The second kappa shape index (κ2) is 7.09. The van der Waals surface area contributed by atoms with Gasteiger partial charge in [0.25, 0.3) is 5.91 Å². The Morgan fingerprint density at radius 2 is 2.12 bits per heavy atom. The Morgan fingerprint density at radius 3 is 2.96 bits per heavy atom. The van der Waals surface area contributed by atoms with Crippen molar-refractivity contribution >= 4 is 5.91 Å². The molecule has 0 aliphatic carbocycles. The van der Waals surface area contributed by atoms with Crippen LogP contribution in [0, 0.1) is 0 Å². The predicted octanol–water partition coefficient (Wildman–Crippen LogP) is 2.65. The SMILES string of the molecule is CN(C[C@H]1OCCc2ccccc21)C(=O)c1cccc(-n2cccn2)n1. The summed E-state index contributed by atoms with van der Waals surface area (Å²) in [6.45, 7) is 1.17. The Kier molecular flexibility index (Phi) is 4.50. The maximum absolute atomic E-state index is 12.8. The molecular formula is C20H20N4O2. The van der Waals surface area contributed by atoms with Crippen LogP contribution in [0.25, 0.3) is 5.82 Å². The number of carbonyl (C=O) groups is 1. The average Bonchev–Trinajstić information content (AvgIpc) is 3.23. The van der Waals surface area contributed by atoms with Crippen LogP contribution < -0.4 is 0 Å². The first kappa shape index (κ1) is 16.5. The number of benzene rings is 1. The molecule has 132 valence electrons. The lowest BCUT2D eigenvalue weighted by atomic mass is 9.97. The largest absolute Gasteiger partial charge is 0.371 e. The van der Waals surface area contributed by atoms with Crippen LogP contribution in [-0.4, -0.2) is 45.8 Å². The first-order chi connectivity index (χ1) is 12.7. The van der Waals surface area contributed by atoms with Crippen LogP contribution in [0.1, 0.15) is 27.7 Å². The minimum absolute atomic E-state index is 0.108. The van der Waals surface area contributed by atoms with Crippen molar-refractivity contribution in [3.8, 4) is 5.82 Å². The number of hydrogen-bond donors (Lipinski definition) is 0.